The number of hydrogen-bond acceptors (Lipinski definition) is 5. The van der Waals surface area contributed by atoms with Crippen molar-refractivity contribution in [2.24, 2.45) is 0 Å². The monoisotopic (exact) mass is 561 g/mol. The lowest BCUT2D eigenvalue weighted by molar-refractivity contribution is -0.141. The molecule has 0 saturated carbocycles. The summed E-state index contributed by atoms with van der Waals surface area (Å²) in [4.78, 5) is 41.6. The van der Waals surface area contributed by atoms with Crippen LogP contribution in [-0.4, -0.2) is 54.5 Å². The molecule has 4 rings (SSSR count). The molecule has 3 aromatic rings. The van der Waals surface area contributed by atoms with Gasteiger partial charge in [0.05, 0.1) is 5.56 Å². The molecule has 9 heteroatoms. The molecule has 40 heavy (non-hydrogen) atoms. The second-order valence-electron chi connectivity index (χ2n) is 9.84. The first kappa shape index (κ1) is 29.0. The minimum Gasteiger partial charge on any atom is -0.354 e. The number of carbonyl (C=O) groups is 3. The second kappa shape index (κ2) is 13.4. The first-order valence-electron chi connectivity index (χ1n) is 13.6. The molecule has 210 valence electrons. The number of hydrogen-bond donors (Lipinski definition) is 1. The molecule has 1 unspecified atom stereocenters. The van der Waals surface area contributed by atoms with Crippen LogP contribution in [0.5, 0.6) is 0 Å². The largest absolute Gasteiger partial charge is 0.354 e. The fourth-order valence-electron chi connectivity index (χ4n) is 4.81. The van der Waals surface area contributed by atoms with Gasteiger partial charge in [-0.2, -0.15) is 0 Å². The van der Waals surface area contributed by atoms with E-state index in [9.17, 15) is 22.8 Å². The average Bonchev–Trinajstić information content (AvgIpc) is 3.16. The lowest BCUT2D eigenvalue weighted by atomic mass is 10.0. The van der Waals surface area contributed by atoms with E-state index in [-0.39, 0.29) is 48.2 Å². The fourth-order valence-corrected chi connectivity index (χ4v) is 6.42. The van der Waals surface area contributed by atoms with Crippen molar-refractivity contribution in [2.45, 2.75) is 56.5 Å². The van der Waals surface area contributed by atoms with Crippen LogP contribution in [-0.2, 0) is 32.6 Å². The maximum atomic E-state index is 13.7. The highest BCUT2D eigenvalue weighted by molar-refractivity contribution is 7.90. The lowest BCUT2D eigenvalue weighted by Gasteiger charge is -2.32. The van der Waals surface area contributed by atoms with Gasteiger partial charge in [-0.05, 0) is 36.1 Å². The highest BCUT2D eigenvalue weighted by Crippen LogP contribution is 2.30. The third kappa shape index (κ3) is 6.77. The third-order valence-corrected chi connectivity index (χ3v) is 8.80. The van der Waals surface area contributed by atoms with Crippen LogP contribution in [0.25, 0.3) is 0 Å². The van der Waals surface area contributed by atoms with E-state index in [1.165, 1.54) is 12.1 Å². The SMILES string of the molecule is CCCCNC(=O)C(Cc1ccccc1)N(Cc1ccccc1)C(=O)CCCN1C(=O)c2ccccc2S1(=O)=O. The topological polar surface area (TPSA) is 104 Å². The van der Waals surface area contributed by atoms with Crippen LogP contribution in [0.4, 0.5) is 0 Å². The summed E-state index contributed by atoms with van der Waals surface area (Å²) in [6.07, 6.45) is 2.22. The number of sulfonamides is 1. The molecule has 0 radical (unpaired) electrons. The van der Waals surface area contributed by atoms with Crippen LogP contribution < -0.4 is 5.32 Å². The molecule has 1 aliphatic heterocycles. The van der Waals surface area contributed by atoms with Gasteiger partial charge in [-0.1, -0.05) is 86.1 Å². The van der Waals surface area contributed by atoms with Crippen molar-refractivity contribution in [3.63, 3.8) is 0 Å². The molecular weight excluding hydrogens is 526 g/mol. The molecule has 1 heterocycles. The van der Waals surface area contributed by atoms with Crippen molar-refractivity contribution < 1.29 is 22.8 Å². The summed E-state index contributed by atoms with van der Waals surface area (Å²) >= 11 is 0. The van der Waals surface area contributed by atoms with Gasteiger partial charge in [0.25, 0.3) is 15.9 Å². The third-order valence-electron chi connectivity index (χ3n) is 6.96. The number of fused-ring (bicyclic) bond motifs is 1. The molecular formula is C31H35N3O5S. The van der Waals surface area contributed by atoms with Gasteiger partial charge in [0, 0.05) is 32.5 Å². The summed E-state index contributed by atoms with van der Waals surface area (Å²) < 4.78 is 26.7. The summed E-state index contributed by atoms with van der Waals surface area (Å²) in [6, 6.07) is 24.4. The van der Waals surface area contributed by atoms with Crippen LogP contribution in [0, 0.1) is 0 Å². The van der Waals surface area contributed by atoms with Gasteiger partial charge in [0.15, 0.2) is 0 Å². The van der Waals surface area contributed by atoms with Gasteiger partial charge in [-0.15, -0.1) is 0 Å². The predicted molar refractivity (Wildman–Crippen MR) is 153 cm³/mol. The maximum Gasteiger partial charge on any atom is 0.269 e. The van der Waals surface area contributed by atoms with Gasteiger partial charge in [-0.25, -0.2) is 12.7 Å². The lowest BCUT2D eigenvalue weighted by Crippen LogP contribution is -2.50. The van der Waals surface area contributed by atoms with E-state index in [1.807, 2.05) is 67.6 Å². The molecule has 8 nitrogen and oxygen atoms in total. The highest BCUT2D eigenvalue weighted by atomic mass is 32.2. The average molecular weight is 562 g/mol. The summed E-state index contributed by atoms with van der Waals surface area (Å²) in [5.41, 5.74) is 1.95. The minimum atomic E-state index is -3.95. The molecule has 0 bridgehead atoms. The number of carbonyl (C=O) groups excluding carboxylic acids is 3. The molecule has 1 atom stereocenters. The van der Waals surface area contributed by atoms with Crippen molar-refractivity contribution in [3.05, 3.63) is 102 Å². The molecule has 3 aromatic carbocycles. The normalized spacial score (nSPS) is 14.4. The molecule has 3 amide bonds. The van der Waals surface area contributed by atoms with E-state index in [0.29, 0.717) is 13.0 Å². The Morgan fingerprint density at radius 2 is 1.50 bits per heavy atom. The maximum absolute atomic E-state index is 13.7. The number of nitrogens with zero attached hydrogens (tertiary/aromatic N) is 2. The molecule has 1 N–H and O–H groups in total. The van der Waals surface area contributed by atoms with E-state index in [2.05, 4.69) is 5.32 Å². The summed E-state index contributed by atoms with van der Waals surface area (Å²) in [5.74, 6) is -1.09. The smallest absolute Gasteiger partial charge is 0.269 e. The van der Waals surface area contributed by atoms with E-state index in [4.69, 9.17) is 0 Å². The summed E-state index contributed by atoms with van der Waals surface area (Å²) in [6.45, 7) is 2.67. The van der Waals surface area contributed by atoms with Gasteiger partial charge in [-0.3, -0.25) is 14.4 Å². The Balaban J connectivity index is 1.54. The standard InChI is InChI=1S/C31H35N3O5S/c1-2-3-20-32-30(36)27(22-24-13-6-4-7-14-24)33(23-25-15-8-5-9-16-25)29(35)19-12-21-34-31(37)26-17-10-11-18-28(26)40(34,38)39/h4-11,13-18,27H,2-3,12,19-23H2,1H3,(H,32,36). The first-order chi connectivity index (χ1) is 19.3. The van der Waals surface area contributed by atoms with Crippen molar-refractivity contribution in [1.82, 2.24) is 14.5 Å². The van der Waals surface area contributed by atoms with Gasteiger partial charge >= 0.3 is 0 Å². The number of nitrogens with one attached hydrogen (secondary N) is 1. The van der Waals surface area contributed by atoms with Crippen molar-refractivity contribution in [3.8, 4) is 0 Å². The Morgan fingerprint density at radius 3 is 2.15 bits per heavy atom. The Labute approximate surface area is 236 Å². The van der Waals surface area contributed by atoms with E-state index in [0.717, 1.165) is 28.3 Å². The van der Waals surface area contributed by atoms with Gasteiger partial charge in [0.1, 0.15) is 10.9 Å². The Kier molecular flexibility index (Phi) is 9.71. The first-order valence-corrected chi connectivity index (χ1v) is 15.1. The predicted octanol–water partition coefficient (Wildman–Crippen LogP) is 4.17. The van der Waals surface area contributed by atoms with Crippen LogP contribution in [0.3, 0.4) is 0 Å². The summed E-state index contributed by atoms with van der Waals surface area (Å²) in [7, 11) is -3.95. The second-order valence-corrected chi connectivity index (χ2v) is 11.7. The molecule has 0 spiro atoms. The number of amides is 3. The Hall–Kier alpha value is -3.98. The molecule has 1 aliphatic rings. The minimum absolute atomic E-state index is 0.0105. The fraction of sp³-hybridized carbons (Fsp3) is 0.323. The number of benzene rings is 3. The van der Waals surface area contributed by atoms with Crippen molar-refractivity contribution >= 4 is 27.7 Å². The van der Waals surface area contributed by atoms with Gasteiger partial charge < -0.3 is 10.2 Å². The van der Waals surface area contributed by atoms with Crippen LogP contribution in [0.1, 0.15) is 54.1 Å². The number of rotatable bonds is 13. The zero-order valence-electron chi connectivity index (χ0n) is 22.7. The highest BCUT2D eigenvalue weighted by Gasteiger charge is 2.40. The molecule has 0 aromatic heterocycles. The van der Waals surface area contributed by atoms with Crippen LogP contribution >= 0.6 is 0 Å². The zero-order valence-corrected chi connectivity index (χ0v) is 23.5. The number of unbranched alkanes of at least 4 members (excludes halogenated alkanes) is 1. The van der Waals surface area contributed by atoms with E-state index >= 15 is 0 Å². The zero-order chi connectivity index (χ0) is 28.5. The Morgan fingerprint density at radius 1 is 0.875 bits per heavy atom. The van der Waals surface area contributed by atoms with Crippen molar-refractivity contribution in [2.75, 3.05) is 13.1 Å². The summed E-state index contributed by atoms with van der Waals surface area (Å²) in [5, 5.41) is 2.99. The van der Waals surface area contributed by atoms with E-state index in [1.54, 1.807) is 17.0 Å². The van der Waals surface area contributed by atoms with Gasteiger partial charge in [0.2, 0.25) is 11.8 Å². The molecule has 0 aliphatic carbocycles. The van der Waals surface area contributed by atoms with Crippen LogP contribution in [0.15, 0.2) is 89.8 Å². The Bertz CT molecular complexity index is 1430. The molecule has 0 fully saturated rings. The quantitative estimate of drug-likeness (QED) is 0.316. The van der Waals surface area contributed by atoms with Crippen LogP contribution in [0.2, 0.25) is 0 Å². The van der Waals surface area contributed by atoms with E-state index < -0.39 is 22.0 Å². The van der Waals surface area contributed by atoms with Crippen molar-refractivity contribution in [1.29, 1.82) is 0 Å². The molecule has 0 saturated heterocycles.